The Hall–Kier alpha value is -0.620. The molecule has 15 heavy (non-hydrogen) atoms. The maximum Gasteiger partial charge on any atom is 0.239 e. The molecule has 5 nitrogen and oxygen atoms in total. The first-order chi connectivity index (χ1) is 6.81. The van der Waals surface area contributed by atoms with E-state index in [1.807, 2.05) is 0 Å². The molecule has 1 fully saturated rings. The van der Waals surface area contributed by atoms with Crippen LogP contribution in [0.3, 0.4) is 0 Å². The van der Waals surface area contributed by atoms with Gasteiger partial charge in [-0.1, -0.05) is 0 Å². The Bertz CT molecular complexity index is 335. The highest BCUT2D eigenvalue weighted by atomic mass is 32.2. The number of amides is 1. The van der Waals surface area contributed by atoms with E-state index >= 15 is 0 Å². The highest BCUT2D eigenvalue weighted by molar-refractivity contribution is 7.90. The van der Waals surface area contributed by atoms with Crippen molar-refractivity contribution in [3.05, 3.63) is 0 Å². The lowest BCUT2D eigenvalue weighted by Gasteiger charge is -2.20. The summed E-state index contributed by atoms with van der Waals surface area (Å²) in [6.07, 6.45) is 3.41. The summed E-state index contributed by atoms with van der Waals surface area (Å²) in [5.41, 5.74) is 5.64. The number of sulfone groups is 1. The van der Waals surface area contributed by atoms with Crippen molar-refractivity contribution in [3.63, 3.8) is 0 Å². The van der Waals surface area contributed by atoms with Crippen LogP contribution in [0.1, 0.15) is 19.3 Å². The molecule has 0 bridgehead atoms. The highest BCUT2D eigenvalue weighted by Gasteiger charge is 2.31. The number of hydrogen-bond donors (Lipinski definition) is 1. The molecule has 0 spiro atoms. The van der Waals surface area contributed by atoms with Gasteiger partial charge >= 0.3 is 0 Å². The van der Waals surface area contributed by atoms with E-state index in [9.17, 15) is 13.2 Å². The van der Waals surface area contributed by atoms with E-state index in [1.165, 1.54) is 0 Å². The fourth-order valence-corrected chi connectivity index (χ4v) is 2.05. The first kappa shape index (κ1) is 12.4. The number of carbonyl (C=O) groups excluding carboxylic acids is 1. The molecular formula is C9H18N2O3S. The van der Waals surface area contributed by atoms with Gasteiger partial charge in [0.05, 0.1) is 11.8 Å². The van der Waals surface area contributed by atoms with Crippen LogP contribution in [0.15, 0.2) is 0 Å². The Labute approximate surface area is 90.5 Å². The fourth-order valence-electron chi connectivity index (χ4n) is 1.37. The molecule has 2 N–H and O–H groups in total. The predicted molar refractivity (Wildman–Crippen MR) is 58.1 cm³/mol. The summed E-state index contributed by atoms with van der Waals surface area (Å²) in [4.78, 5) is 13.3. The van der Waals surface area contributed by atoms with Crippen LogP contribution < -0.4 is 5.73 Å². The van der Waals surface area contributed by atoms with Crippen molar-refractivity contribution in [2.75, 3.05) is 19.1 Å². The molecule has 1 saturated carbocycles. The molecule has 0 radical (unpaired) electrons. The molecule has 0 aromatic heterocycles. The number of carbonyl (C=O) groups is 1. The van der Waals surface area contributed by atoms with Crippen LogP contribution in [-0.2, 0) is 14.6 Å². The Balaban J connectivity index is 2.38. The van der Waals surface area contributed by atoms with E-state index in [4.69, 9.17) is 5.73 Å². The van der Waals surface area contributed by atoms with Crippen molar-refractivity contribution < 1.29 is 13.2 Å². The smallest absolute Gasteiger partial charge is 0.239 e. The van der Waals surface area contributed by atoms with Gasteiger partial charge in [0, 0.05) is 19.3 Å². The van der Waals surface area contributed by atoms with Gasteiger partial charge in [-0.15, -0.1) is 0 Å². The summed E-state index contributed by atoms with van der Waals surface area (Å²) < 4.78 is 21.8. The van der Waals surface area contributed by atoms with Gasteiger partial charge in [-0.05, 0) is 19.3 Å². The lowest BCUT2D eigenvalue weighted by molar-refractivity contribution is -0.131. The molecule has 0 aliphatic heterocycles. The van der Waals surface area contributed by atoms with Gasteiger partial charge in [0.1, 0.15) is 9.84 Å². The molecule has 1 amide bonds. The molecule has 0 aromatic rings. The summed E-state index contributed by atoms with van der Waals surface area (Å²) in [5.74, 6) is -0.181. The summed E-state index contributed by atoms with van der Waals surface area (Å²) in [7, 11) is -1.31. The normalized spacial score (nSPS) is 18.6. The number of rotatable bonds is 5. The van der Waals surface area contributed by atoms with Crippen molar-refractivity contribution in [3.8, 4) is 0 Å². The van der Waals surface area contributed by atoms with Crippen molar-refractivity contribution in [1.29, 1.82) is 0 Å². The Morgan fingerprint density at radius 3 is 2.47 bits per heavy atom. The first-order valence-electron chi connectivity index (χ1n) is 5.01. The van der Waals surface area contributed by atoms with Crippen molar-refractivity contribution in [2.24, 2.45) is 5.73 Å². The van der Waals surface area contributed by atoms with Crippen LogP contribution in [0.2, 0.25) is 0 Å². The lowest BCUT2D eigenvalue weighted by atomic mass is 10.2. The fraction of sp³-hybridized carbons (Fsp3) is 0.889. The zero-order chi connectivity index (χ0) is 11.6. The van der Waals surface area contributed by atoms with Gasteiger partial charge in [0.25, 0.3) is 0 Å². The molecule has 1 aliphatic carbocycles. The molecule has 0 heterocycles. The van der Waals surface area contributed by atoms with Gasteiger partial charge < -0.3 is 10.6 Å². The minimum Gasteiger partial charge on any atom is -0.341 e. The molecular weight excluding hydrogens is 216 g/mol. The number of hydrogen-bond acceptors (Lipinski definition) is 4. The van der Waals surface area contributed by atoms with E-state index < -0.39 is 15.9 Å². The van der Waals surface area contributed by atoms with Crippen LogP contribution in [0.25, 0.3) is 0 Å². The van der Waals surface area contributed by atoms with Crippen molar-refractivity contribution >= 4 is 15.7 Å². The van der Waals surface area contributed by atoms with E-state index in [1.54, 1.807) is 11.9 Å². The Morgan fingerprint density at radius 2 is 2.07 bits per heavy atom. The van der Waals surface area contributed by atoms with E-state index in [-0.39, 0.29) is 18.1 Å². The zero-order valence-corrected chi connectivity index (χ0v) is 9.96. The minimum atomic E-state index is -3.03. The summed E-state index contributed by atoms with van der Waals surface area (Å²) in [6, 6.07) is -0.368. The van der Waals surface area contributed by atoms with Gasteiger partial charge in [-0.25, -0.2) is 8.42 Å². The minimum absolute atomic E-state index is 0.0294. The second-order valence-electron chi connectivity index (χ2n) is 4.21. The van der Waals surface area contributed by atoms with Crippen molar-refractivity contribution in [1.82, 2.24) is 4.90 Å². The summed E-state index contributed by atoms with van der Waals surface area (Å²) in [5, 5.41) is 0. The molecule has 0 aromatic carbocycles. The number of nitrogens with two attached hydrogens (primary N) is 1. The monoisotopic (exact) mass is 234 g/mol. The van der Waals surface area contributed by atoms with E-state index in [0.717, 1.165) is 19.1 Å². The summed E-state index contributed by atoms with van der Waals surface area (Å²) >= 11 is 0. The third kappa shape index (κ3) is 4.17. The number of nitrogens with zero attached hydrogens (tertiary/aromatic N) is 1. The topological polar surface area (TPSA) is 80.5 Å². The van der Waals surface area contributed by atoms with E-state index in [0.29, 0.717) is 6.04 Å². The SMILES string of the molecule is CN(C(=O)C(N)CCS(C)(=O)=O)C1CC1. The van der Waals surface area contributed by atoms with Gasteiger partial charge in [-0.3, -0.25) is 4.79 Å². The number of likely N-dealkylation sites (N-methyl/N-ethyl adjacent to an activating group) is 1. The lowest BCUT2D eigenvalue weighted by Crippen LogP contribution is -2.43. The third-order valence-electron chi connectivity index (χ3n) is 2.56. The van der Waals surface area contributed by atoms with Crippen LogP contribution >= 0.6 is 0 Å². The van der Waals surface area contributed by atoms with Gasteiger partial charge in [-0.2, -0.15) is 0 Å². The second kappa shape index (κ2) is 4.49. The van der Waals surface area contributed by atoms with Crippen molar-refractivity contribution in [2.45, 2.75) is 31.3 Å². The molecule has 1 unspecified atom stereocenters. The average molecular weight is 234 g/mol. The van der Waals surface area contributed by atoms with Crippen LogP contribution in [0.5, 0.6) is 0 Å². The zero-order valence-electron chi connectivity index (χ0n) is 9.14. The van der Waals surface area contributed by atoms with Crippen LogP contribution in [0, 0.1) is 0 Å². The Kier molecular flexibility index (Phi) is 3.72. The Morgan fingerprint density at radius 1 is 1.53 bits per heavy atom. The standard InChI is InChI=1S/C9H18N2O3S/c1-11(7-3-4-7)9(12)8(10)5-6-15(2,13)14/h7-8H,3-6,10H2,1-2H3. The predicted octanol–water partition coefficient (Wildman–Crippen LogP) is -0.631. The quantitative estimate of drug-likeness (QED) is 0.686. The molecule has 1 aliphatic rings. The van der Waals surface area contributed by atoms with Gasteiger partial charge in [0.15, 0.2) is 0 Å². The molecule has 6 heteroatoms. The third-order valence-corrected chi connectivity index (χ3v) is 3.54. The highest BCUT2D eigenvalue weighted by Crippen LogP contribution is 2.25. The summed E-state index contributed by atoms with van der Waals surface area (Å²) in [6.45, 7) is 0. The molecule has 0 saturated heterocycles. The maximum absolute atomic E-state index is 11.6. The largest absolute Gasteiger partial charge is 0.341 e. The first-order valence-corrected chi connectivity index (χ1v) is 7.07. The average Bonchev–Trinajstić information content (AvgIpc) is 2.93. The van der Waals surface area contributed by atoms with Gasteiger partial charge in [0.2, 0.25) is 5.91 Å². The molecule has 1 rings (SSSR count). The maximum atomic E-state index is 11.6. The molecule has 1 atom stereocenters. The van der Waals surface area contributed by atoms with E-state index in [2.05, 4.69) is 0 Å². The van der Waals surface area contributed by atoms with Crippen LogP contribution in [-0.4, -0.2) is 50.4 Å². The molecule has 88 valence electrons. The second-order valence-corrected chi connectivity index (χ2v) is 6.47. The van der Waals surface area contributed by atoms with Crippen LogP contribution in [0.4, 0.5) is 0 Å².